The van der Waals surface area contributed by atoms with E-state index in [1.807, 2.05) is 4.57 Å². The Morgan fingerprint density at radius 1 is 1.23 bits per heavy atom. The smallest absolute Gasteiger partial charge is 0.355 e. The predicted octanol–water partition coefficient (Wildman–Crippen LogP) is -2.90. The Morgan fingerprint density at radius 3 is 2.72 bits per heavy atom. The quantitative estimate of drug-likeness (QED) is 0.0252. The number of rotatable bonds is 9. The second kappa shape index (κ2) is 14.6. The molecule has 2 amide bonds. The first-order valence-corrected chi connectivity index (χ1v) is 15.5. The summed E-state index contributed by atoms with van der Waals surface area (Å²) in [6, 6.07) is 9.47. The number of β-lactam (4-membered cyclic amide) rings is 1. The van der Waals surface area contributed by atoms with Crippen LogP contribution in [0.1, 0.15) is 5.56 Å². The lowest BCUT2D eigenvalue weighted by atomic mass is 10.0. The molecule has 1 aromatic carbocycles. The second-order valence-corrected chi connectivity index (χ2v) is 11.9. The van der Waals surface area contributed by atoms with Crippen molar-refractivity contribution in [2.24, 2.45) is 10.9 Å². The van der Waals surface area contributed by atoms with E-state index < -0.39 is 36.1 Å². The Morgan fingerprint density at radius 2 is 2.02 bits per heavy atom. The number of nitrogens with two attached hydrogens (primary N) is 2. The van der Waals surface area contributed by atoms with E-state index in [2.05, 4.69) is 25.2 Å². The molecule has 3 aliphatic heterocycles. The molecule has 20 heteroatoms. The number of hydrazine groups is 1. The number of amides is 2. The zero-order chi connectivity index (χ0) is 32.4. The first-order valence-electron chi connectivity index (χ1n) is 13.6. The molecule has 0 unspecified atom stereocenters. The number of aromatic nitrogens is 3. The van der Waals surface area contributed by atoms with Crippen LogP contribution < -0.4 is 54.9 Å². The highest BCUT2D eigenvalue weighted by Gasteiger charge is 2.55. The van der Waals surface area contributed by atoms with Gasteiger partial charge in [0.1, 0.15) is 41.0 Å². The van der Waals surface area contributed by atoms with Gasteiger partial charge in [-0.05, 0) is 29.6 Å². The lowest BCUT2D eigenvalue weighted by Crippen LogP contribution is -3.00. The number of thioether (sulfide) groups is 1. The van der Waals surface area contributed by atoms with Gasteiger partial charge in [-0.2, -0.15) is 4.83 Å². The van der Waals surface area contributed by atoms with Crippen molar-refractivity contribution in [3.05, 3.63) is 76.9 Å². The van der Waals surface area contributed by atoms with Crippen molar-refractivity contribution in [1.29, 1.82) is 0 Å². The summed E-state index contributed by atoms with van der Waals surface area (Å²) >= 11 is 2.36. The first-order chi connectivity index (χ1) is 22.3. The highest BCUT2D eigenvalue weighted by Crippen LogP contribution is 2.41. The maximum atomic E-state index is 13.7. The number of oxime groups is 1. The van der Waals surface area contributed by atoms with Gasteiger partial charge in [0.05, 0.1) is 31.8 Å². The molecule has 0 aliphatic carbocycles. The van der Waals surface area contributed by atoms with Crippen LogP contribution in [-0.2, 0) is 37.1 Å². The summed E-state index contributed by atoms with van der Waals surface area (Å²) in [5, 5.41) is 11.2. The van der Waals surface area contributed by atoms with Gasteiger partial charge in [-0.3, -0.25) is 14.5 Å². The van der Waals surface area contributed by atoms with Crippen molar-refractivity contribution in [3.8, 4) is 5.75 Å². The van der Waals surface area contributed by atoms with Crippen molar-refractivity contribution < 1.29 is 61.6 Å². The van der Waals surface area contributed by atoms with E-state index in [0.29, 0.717) is 33.6 Å². The Bertz CT molecular complexity index is 1790. The third-order valence-corrected chi connectivity index (χ3v) is 9.12. The van der Waals surface area contributed by atoms with Crippen LogP contribution in [0.2, 0.25) is 0 Å². The van der Waals surface area contributed by atoms with Gasteiger partial charge in [0.15, 0.2) is 0 Å². The number of nitrogens with one attached hydrogen (secondary N) is 2. The third kappa shape index (κ3) is 6.89. The Kier molecular flexibility index (Phi) is 10.6. The predicted molar refractivity (Wildman–Crippen MR) is 164 cm³/mol. The molecule has 3 aliphatic rings. The van der Waals surface area contributed by atoms with Crippen LogP contribution in [0.15, 0.2) is 76.4 Å². The van der Waals surface area contributed by atoms with Crippen molar-refractivity contribution in [2.75, 3.05) is 25.5 Å². The minimum absolute atomic E-state index is 0. The molecule has 6 rings (SSSR count). The standard InChI is InChI=1S/C27H27FN10O6S2.HI/c1-42-17-4-2-15(3-5-17)12-43-27(41)22-16(10-35-9-7-18(29)38-20(35)6-8-31-38)13-45-26-21(25(40)37(22)26)32-24(39)23(33-44-14-28)36-11-19(30)46-34-36;/h2-9,11,21,26,29,34H,10,12-14,30H2,1H3,(H,32,39);1H/t21-,26+;/m1./s1. The largest absolute Gasteiger partial charge is 1.00 e. The lowest BCUT2D eigenvalue weighted by Gasteiger charge is -2.49. The number of alkyl halides is 1. The molecular formula is C27H28FIN10O6S2. The molecule has 16 nitrogen and oxygen atoms in total. The number of ether oxygens (including phenoxy) is 2. The van der Waals surface area contributed by atoms with Gasteiger partial charge in [0.2, 0.25) is 5.82 Å². The Hall–Kier alpha value is -4.28. The summed E-state index contributed by atoms with van der Waals surface area (Å²) in [5.74, 6) is -1.03. The van der Waals surface area contributed by atoms with Gasteiger partial charge >= 0.3 is 11.6 Å². The van der Waals surface area contributed by atoms with E-state index in [9.17, 15) is 18.8 Å². The fourth-order valence-electron chi connectivity index (χ4n) is 4.97. The summed E-state index contributed by atoms with van der Waals surface area (Å²) in [7, 11) is 1.55. The molecule has 2 aromatic heterocycles. The molecule has 5 heterocycles. The number of fused-ring (bicyclic) bond motifs is 2. The summed E-state index contributed by atoms with van der Waals surface area (Å²) in [6.07, 6.45) is 4.73. The molecule has 248 valence electrons. The third-order valence-electron chi connectivity index (χ3n) is 7.15. The Labute approximate surface area is 292 Å². The van der Waals surface area contributed by atoms with Crippen LogP contribution in [0.4, 0.5) is 10.2 Å². The summed E-state index contributed by atoms with van der Waals surface area (Å²) in [5.41, 5.74) is 13.9. The number of amidine groups is 1. The lowest BCUT2D eigenvalue weighted by molar-refractivity contribution is -0.666. The van der Waals surface area contributed by atoms with E-state index in [4.69, 9.17) is 20.9 Å². The molecule has 1 saturated heterocycles. The number of nitrogens with zero attached hydrogens (tertiary/aromatic N) is 6. The Balaban J connectivity index is 0.00000433. The molecule has 0 spiro atoms. The van der Waals surface area contributed by atoms with Crippen molar-refractivity contribution >= 4 is 58.8 Å². The average Bonchev–Trinajstić information content (AvgIpc) is 3.74. The summed E-state index contributed by atoms with van der Waals surface area (Å²) in [6.45, 7) is -1.10. The van der Waals surface area contributed by atoms with E-state index in [1.165, 1.54) is 22.9 Å². The van der Waals surface area contributed by atoms with Gasteiger partial charge in [-0.25, -0.2) is 18.8 Å². The number of esters is 1. The van der Waals surface area contributed by atoms with Crippen molar-refractivity contribution in [3.63, 3.8) is 0 Å². The second-order valence-electron chi connectivity index (χ2n) is 9.95. The normalized spacial score (nSPS) is 19.1. The maximum absolute atomic E-state index is 13.7. The molecule has 0 radical (unpaired) electrons. The molecule has 1 fully saturated rings. The van der Waals surface area contributed by atoms with Crippen molar-refractivity contribution in [1.82, 2.24) is 29.7 Å². The first kappa shape index (κ1) is 34.1. The van der Waals surface area contributed by atoms with Gasteiger partial charge < -0.3 is 55.1 Å². The SMILES string of the molecule is COc1ccc(COC(=O)C2=C(C[n+]3ccc(N)n4nccc43)CS[C@H]3[C@H](NC(=O)C(=NOCF)N4C=C(N)SN4)C(=O)N23)cc1.[I-]. The number of hydrogen-bond donors (Lipinski definition) is 4. The highest BCUT2D eigenvalue weighted by molar-refractivity contribution is 8.01. The van der Waals surface area contributed by atoms with Crippen LogP contribution >= 0.6 is 23.7 Å². The molecule has 47 heavy (non-hydrogen) atoms. The van der Waals surface area contributed by atoms with Crippen LogP contribution in [-0.4, -0.2) is 74.3 Å². The van der Waals surface area contributed by atoms with Gasteiger partial charge in [0.25, 0.3) is 24.5 Å². The molecule has 6 N–H and O–H groups in total. The summed E-state index contributed by atoms with van der Waals surface area (Å²) in [4.78, 5) is 49.0. The topological polar surface area (TPSA) is 195 Å². The molecule has 0 bridgehead atoms. The minimum Gasteiger partial charge on any atom is -1.00 e. The molecule has 2 atom stereocenters. The van der Waals surface area contributed by atoms with Crippen LogP contribution in [0.3, 0.4) is 0 Å². The monoisotopic (exact) mass is 798 g/mol. The average molecular weight is 799 g/mol. The number of nitrogen functional groups attached to an aromatic ring is 1. The van der Waals surface area contributed by atoms with Crippen LogP contribution in [0.25, 0.3) is 5.65 Å². The zero-order valence-corrected chi connectivity index (χ0v) is 28.3. The number of halogens is 2. The van der Waals surface area contributed by atoms with Gasteiger partial charge in [-0.1, -0.05) is 26.9 Å². The van der Waals surface area contributed by atoms with Crippen LogP contribution in [0.5, 0.6) is 5.75 Å². The van der Waals surface area contributed by atoms with E-state index in [0.717, 1.165) is 22.5 Å². The number of carbonyl (C=O) groups excluding carboxylic acids is 3. The maximum Gasteiger partial charge on any atom is 0.355 e. The summed E-state index contributed by atoms with van der Waals surface area (Å²) < 4.78 is 27.0. The minimum atomic E-state index is -1.28. The number of methoxy groups -OCH3 is 1. The molecule has 0 saturated carbocycles. The van der Waals surface area contributed by atoms with Crippen LogP contribution in [0, 0.1) is 0 Å². The fraction of sp³-hybridized carbons (Fsp3) is 0.259. The molecular weight excluding hydrogens is 770 g/mol. The van der Waals surface area contributed by atoms with E-state index >= 15 is 0 Å². The van der Waals surface area contributed by atoms with Crippen molar-refractivity contribution in [2.45, 2.75) is 24.6 Å². The van der Waals surface area contributed by atoms with E-state index in [-0.39, 0.29) is 48.7 Å². The zero-order valence-electron chi connectivity index (χ0n) is 24.5. The fourth-order valence-corrected chi connectivity index (χ4v) is 6.81. The number of benzene rings is 1. The number of hydrogen-bond acceptors (Lipinski definition) is 13. The van der Waals surface area contributed by atoms with Gasteiger partial charge in [0, 0.05) is 17.4 Å². The number of anilines is 1. The van der Waals surface area contributed by atoms with E-state index in [1.54, 1.807) is 60.4 Å². The number of carbonyl (C=O) groups is 3. The molecule has 3 aromatic rings. The van der Waals surface area contributed by atoms with Gasteiger partial charge in [-0.15, -0.1) is 11.8 Å². The highest BCUT2D eigenvalue weighted by atomic mass is 127.